The molecule has 2 heteroatoms. The molecule has 0 unspecified atom stereocenters. The zero-order chi connectivity index (χ0) is 14.8. The van der Waals surface area contributed by atoms with Gasteiger partial charge in [0.05, 0.1) is 5.39 Å². The van der Waals surface area contributed by atoms with E-state index in [9.17, 15) is 4.79 Å². The first-order valence-electron chi connectivity index (χ1n) is 7.42. The maximum absolute atomic E-state index is 13.0. The molecule has 0 saturated heterocycles. The van der Waals surface area contributed by atoms with Gasteiger partial charge < -0.3 is 0 Å². The molecule has 0 bridgehead atoms. The van der Waals surface area contributed by atoms with Crippen LogP contribution in [0.5, 0.6) is 0 Å². The zero-order valence-electron chi connectivity index (χ0n) is 12.5. The molecule has 1 aromatic heterocycles. The van der Waals surface area contributed by atoms with Crippen molar-refractivity contribution in [2.24, 2.45) is 0 Å². The molecule has 0 aliphatic heterocycles. The smallest absolute Gasteiger partial charge is 0.263 e. The van der Waals surface area contributed by atoms with Crippen molar-refractivity contribution in [3.8, 4) is 5.69 Å². The summed E-state index contributed by atoms with van der Waals surface area (Å²) in [7, 11) is 0. The summed E-state index contributed by atoms with van der Waals surface area (Å²) in [6.45, 7) is 4.14. The maximum Gasteiger partial charge on any atom is 0.263 e. The summed E-state index contributed by atoms with van der Waals surface area (Å²) in [6, 6.07) is 18.1. The lowest BCUT2D eigenvalue weighted by Gasteiger charge is -2.15. The number of nitrogens with zero attached hydrogens (tertiary/aromatic N) is 1. The maximum atomic E-state index is 13.0. The minimum absolute atomic E-state index is 0.0836. The van der Waals surface area contributed by atoms with Crippen LogP contribution in [0.2, 0.25) is 0 Å². The average Bonchev–Trinajstić information content (AvgIpc) is 2.48. The number of rotatable bonds is 3. The Morgan fingerprint density at radius 3 is 2.48 bits per heavy atom. The van der Waals surface area contributed by atoms with Gasteiger partial charge in [0.1, 0.15) is 0 Å². The second-order valence-corrected chi connectivity index (χ2v) is 5.40. The molecule has 21 heavy (non-hydrogen) atoms. The molecule has 2 aromatic carbocycles. The first kappa shape index (κ1) is 13.6. The van der Waals surface area contributed by atoms with E-state index in [1.807, 2.05) is 60.0 Å². The van der Waals surface area contributed by atoms with Gasteiger partial charge in [-0.25, -0.2) is 0 Å². The van der Waals surface area contributed by atoms with E-state index in [1.54, 1.807) is 0 Å². The Morgan fingerprint density at radius 2 is 1.76 bits per heavy atom. The van der Waals surface area contributed by atoms with Gasteiger partial charge in [-0.2, -0.15) is 0 Å². The summed E-state index contributed by atoms with van der Waals surface area (Å²) in [5, 5.41) is 1.86. The molecule has 2 nitrogen and oxygen atoms in total. The minimum Gasteiger partial charge on any atom is -0.281 e. The Balaban J connectivity index is 2.41. The molecular formula is C19H19NO. The van der Waals surface area contributed by atoms with Crippen molar-refractivity contribution in [2.45, 2.75) is 26.7 Å². The first-order chi connectivity index (χ1) is 10.2. The Bertz CT molecular complexity index is 831. The summed E-state index contributed by atoms with van der Waals surface area (Å²) < 4.78 is 1.86. The van der Waals surface area contributed by atoms with E-state index in [0.717, 1.165) is 40.6 Å². The molecule has 0 aliphatic rings. The standard InChI is InChI=1S/C19H19NO/c1-3-8-17-13-15-10-7-9-14(2)18(15)19(21)20(17)16-11-5-4-6-12-16/h4-7,9-13H,3,8H2,1-2H3. The van der Waals surface area contributed by atoms with Gasteiger partial charge in [-0.1, -0.05) is 49.7 Å². The van der Waals surface area contributed by atoms with Crippen molar-refractivity contribution in [1.29, 1.82) is 0 Å². The Labute approximate surface area is 124 Å². The quantitative estimate of drug-likeness (QED) is 0.701. The molecule has 3 rings (SSSR count). The SMILES string of the molecule is CCCc1cc2cccc(C)c2c(=O)n1-c1ccccc1. The number of benzene rings is 2. The van der Waals surface area contributed by atoms with E-state index >= 15 is 0 Å². The molecule has 0 atom stereocenters. The molecule has 0 N–H and O–H groups in total. The van der Waals surface area contributed by atoms with Crippen molar-refractivity contribution in [3.63, 3.8) is 0 Å². The molecule has 1 heterocycles. The van der Waals surface area contributed by atoms with Crippen LogP contribution in [0, 0.1) is 6.92 Å². The normalized spacial score (nSPS) is 11.0. The molecule has 0 fully saturated rings. The molecule has 0 saturated carbocycles. The van der Waals surface area contributed by atoms with Crippen molar-refractivity contribution in [1.82, 2.24) is 4.57 Å². The number of aryl methyl sites for hydroxylation is 2. The number of para-hydroxylation sites is 1. The highest BCUT2D eigenvalue weighted by Crippen LogP contribution is 2.19. The predicted molar refractivity (Wildman–Crippen MR) is 88.3 cm³/mol. The molecule has 0 aliphatic carbocycles. The zero-order valence-corrected chi connectivity index (χ0v) is 12.5. The van der Waals surface area contributed by atoms with Crippen LogP contribution in [0.1, 0.15) is 24.6 Å². The lowest BCUT2D eigenvalue weighted by atomic mass is 10.0. The van der Waals surface area contributed by atoms with E-state index in [0.29, 0.717) is 0 Å². The number of fused-ring (bicyclic) bond motifs is 1. The largest absolute Gasteiger partial charge is 0.281 e. The third-order valence-corrected chi connectivity index (χ3v) is 3.85. The summed E-state index contributed by atoms with van der Waals surface area (Å²) in [4.78, 5) is 13.0. The van der Waals surface area contributed by atoms with Crippen molar-refractivity contribution < 1.29 is 0 Å². The Morgan fingerprint density at radius 1 is 1.00 bits per heavy atom. The van der Waals surface area contributed by atoms with Crippen LogP contribution in [-0.4, -0.2) is 4.57 Å². The third kappa shape index (κ3) is 2.38. The van der Waals surface area contributed by atoms with Crippen LogP contribution < -0.4 is 5.56 Å². The van der Waals surface area contributed by atoms with Crippen LogP contribution in [0.15, 0.2) is 59.4 Å². The third-order valence-electron chi connectivity index (χ3n) is 3.85. The van der Waals surface area contributed by atoms with Gasteiger partial charge in [-0.3, -0.25) is 9.36 Å². The molecule has 106 valence electrons. The first-order valence-corrected chi connectivity index (χ1v) is 7.42. The van der Waals surface area contributed by atoms with Crippen LogP contribution in [0.4, 0.5) is 0 Å². The van der Waals surface area contributed by atoms with Gasteiger partial charge in [0.25, 0.3) is 5.56 Å². The Kier molecular flexibility index (Phi) is 3.61. The fraction of sp³-hybridized carbons (Fsp3) is 0.211. The lowest BCUT2D eigenvalue weighted by molar-refractivity contribution is 0.817. The van der Waals surface area contributed by atoms with Crippen LogP contribution in [0.3, 0.4) is 0 Å². The highest BCUT2D eigenvalue weighted by molar-refractivity contribution is 5.85. The number of hydrogen-bond donors (Lipinski definition) is 0. The van der Waals surface area contributed by atoms with Crippen molar-refractivity contribution >= 4 is 10.8 Å². The predicted octanol–water partition coefficient (Wildman–Crippen LogP) is 4.25. The molecule has 0 amide bonds. The van der Waals surface area contributed by atoms with Gasteiger partial charge in [0.15, 0.2) is 0 Å². The molecule has 0 spiro atoms. The van der Waals surface area contributed by atoms with Gasteiger partial charge in [-0.15, -0.1) is 0 Å². The number of pyridine rings is 1. The highest BCUT2D eigenvalue weighted by atomic mass is 16.1. The van der Waals surface area contributed by atoms with E-state index < -0.39 is 0 Å². The monoisotopic (exact) mass is 277 g/mol. The fourth-order valence-corrected chi connectivity index (χ4v) is 2.89. The summed E-state index contributed by atoms with van der Waals surface area (Å²) >= 11 is 0. The molecule has 0 radical (unpaired) electrons. The summed E-state index contributed by atoms with van der Waals surface area (Å²) in [6.07, 6.45) is 1.91. The van der Waals surface area contributed by atoms with E-state index in [1.165, 1.54) is 0 Å². The van der Waals surface area contributed by atoms with Crippen molar-refractivity contribution in [3.05, 3.63) is 76.2 Å². The lowest BCUT2D eigenvalue weighted by Crippen LogP contribution is -2.22. The van der Waals surface area contributed by atoms with Gasteiger partial charge in [-0.05, 0) is 42.5 Å². The Hall–Kier alpha value is -2.35. The van der Waals surface area contributed by atoms with E-state index in [4.69, 9.17) is 0 Å². The van der Waals surface area contributed by atoms with Crippen LogP contribution >= 0.6 is 0 Å². The van der Waals surface area contributed by atoms with E-state index in [2.05, 4.69) is 13.0 Å². The van der Waals surface area contributed by atoms with Gasteiger partial charge in [0.2, 0.25) is 0 Å². The average molecular weight is 277 g/mol. The minimum atomic E-state index is 0.0836. The topological polar surface area (TPSA) is 22.0 Å². The summed E-state index contributed by atoms with van der Waals surface area (Å²) in [5.74, 6) is 0. The second kappa shape index (κ2) is 5.57. The highest BCUT2D eigenvalue weighted by Gasteiger charge is 2.11. The molecule has 3 aromatic rings. The van der Waals surface area contributed by atoms with Crippen molar-refractivity contribution in [2.75, 3.05) is 0 Å². The summed E-state index contributed by atoms with van der Waals surface area (Å²) in [5.41, 5.74) is 3.13. The number of aromatic nitrogens is 1. The van der Waals surface area contributed by atoms with Crippen LogP contribution in [0.25, 0.3) is 16.5 Å². The van der Waals surface area contributed by atoms with Gasteiger partial charge >= 0.3 is 0 Å². The second-order valence-electron chi connectivity index (χ2n) is 5.40. The number of hydrogen-bond acceptors (Lipinski definition) is 1. The van der Waals surface area contributed by atoms with Crippen LogP contribution in [-0.2, 0) is 6.42 Å². The fourth-order valence-electron chi connectivity index (χ4n) is 2.89. The van der Waals surface area contributed by atoms with E-state index in [-0.39, 0.29) is 5.56 Å². The van der Waals surface area contributed by atoms with Gasteiger partial charge in [0, 0.05) is 11.4 Å². The molecular weight excluding hydrogens is 258 g/mol.